The molecule has 8 heteroatoms. The summed E-state index contributed by atoms with van der Waals surface area (Å²) in [6.07, 6.45) is 0.429. The van der Waals surface area contributed by atoms with Crippen molar-refractivity contribution in [1.29, 1.82) is 0 Å². The summed E-state index contributed by atoms with van der Waals surface area (Å²) in [6, 6.07) is 15.7. The molecule has 0 unspecified atom stereocenters. The third-order valence-electron chi connectivity index (χ3n) is 4.84. The Bertz CT molecular complexity index is 1020. The van der Waals surface area contributed by atoms with E-state index < -0.39 is 11.6 Å². The molecule has 1 atom stereocenters. The molecule has 2 heterocycles. The van der Waals surface area contributed by atoms with Gasteiger partial charge in [0.25, 0.3) is 5.91 Å². The predicted molar refractivity (Wildman–Crippen MR) is 102 cm³/mol. The molecule has 142 valence electrons. The largest absolute Gasteiger partial charge is 0.337 e. The number of hydrogen-bond acceptors (Lipinski definition) is 5. The second kappa shape index (κ2) is 7.09. The number of halogens is 1. The van der Waals surface area contributed by atoms with Crippen LogP contribution >= 0.6 is 11.6 Å². The molecule has 2 aromatic carbocycles. The summed E-state index contributed by atoms with van der Waals surface area (Å²) in [4.78, 5) is 31.1. The van der Waals surface area contributed by atoms with Crippen LogP contribution in [0.25, 0.3) is 11.4 Å². The number of amides is 3. The molecular formula is C20H17ClN4O3. The van der Waals surface area contributed by atoms with Crippen molar-refractivity contribution in [1.82, 2.24) is 20.4 Å². The zero-order valence-corrected chi connectivity index (χ0v) is 15.8. The van der Waals surface area contributed by atoms with Crippen molar-refractivity contribution in [2.45, 2.75) is 25.4 Å². The molecule has 1 aliphatic rings. The van der Waals surface area contributed by atoms with E-state index in [1.165, 1.54) is 0 Å². The second-order valence-electron chi connectivity index (χ2n) is 6.46. The van der Waals surface area contributed by atoms with Gasteiger partial charge in [-0.3, -0.25) is 9.69 Å². The Labute approximate surface area is 166 Å². The first-order chi connectivity index (χ1) is 13.5. The number of imide groups is 1. The number of benzene rings is 2. The van der Waals surface area contributed by atoms with Gasteiger partial charge in [-0.25, -0.2) is 4.79 Å². The van der Waals surface area contributed by atoms with Crippen LogP contribution in [0.5, 0.6) is 0 Å². The molecule has 0 spiro atoms. The monoisotopic (exact) mass is 396 g/mol. The number of nitrogens with zero attached hydrogens (tertiary/aromatic N) is 3. The van der Waals surface area contributed by atoms with Crippen LogP contribution in [0.1, 0.15) is 24.8 Å². The van der Waals surface area contributed by atoms with Crippen LogP contribution < -0.4 is 5.32 Å². The normalized spacial score (nSPS) is 19.1. The molecule has 1 aromatic heterocycles. The zero-order valence-electron chi connectivity index (χ0n) is 15.1. The van der Waals surface area contributed by atoms with E-state index in [1.54, 1.807) is 24.3 Å². The minimum atomic E-state index is -1.09. The van der Waals surface area contributed by atoms with E-state index in [0.29, 0.717) is 17.3 Å². The van der Waals surface area contributed by atoms with Crippen molar-refractivity contribution >= 4 is 23.5 Å². The average molecular weight is 397 g/mol. The Hall–Kier alpha value is -3.19. The Morgan fingerprint density at radius 1 is 1.11 bits per heavy atom. The van der Waals surface area contributed by atoms with Crippen LogP contribution in [0.4, 0.5) is 4.79 Å². The number of urea groups is 1. The molecule has 0 aliphatic carbocycles. The fourth-order valence-corrected chi connectivity index (χ4v) is 3.43. The highest BCUT2D eigenvalue weighted by Gasteiger charge is 2.51. The summed E-state index contributed by atoms with van der Waals surface area (Å²) in [5.74, 6) is 0.203. The number of nitrogens with one attached hydrogen (secondary N) is 1. The second-order valence-corrected chi connectivity index (χ2v) is 6.90. The standard InChI is InChI=1S/C20H17ClN4O3/c1-2-20(14-6-4-3-5-7-14)18(26)25(19(27)23-20)12-16-22-17(24-28-16)13-8-10-15(21)11-9-13/h3-11H,2,12H2,1H3,(H,23,27)/t20-/m0/s1. The lowest BCUT2D eigenvalue weighted by molar-refractivity contribution is -0.132. The molecule has 0 bridgehead atoms. The Morgan fingerprint density at radius 3 is 2.50 bits per heavy atom. The Morgan fingerprint density at radius 2 is 1.82 bits per heavy atom. The Kier molecular flexibility index (Phi) is 4.60. The summed E-state index contributed by atoms with van der Waals surface area (Å²) in [7, 11) is 0. The summed E-state index contributed by atoms with van der Waals surface area (Å²) >= 11 is 5.89. The molecule has 1 aliphatic heterocycles. The molecule has 1 fully saturated rings. The van der Waals surface area contributed by atoms with Gasteiger partial charge in [0.2, 0.25) is 11.7 Å². The van der Waals surface area contributed by atoms with Crippen molar-refractivity contribution < 1.29 is 14.1 Å². The van der Waals surface area contributed by atoms with Crippen molar-refractivity contribution in [2.75, 3.05) is 0 Å². The van der Waals surface area contributed by atoms with Crippen LogP contribution in [0.15, 0.2) is 59.1 Å². The highest BCUT2D eigenvalue weighted by molar-refractivity contribution is 6.30. The summed E-state index contributed by atoms with van der Waals surface area (Å²) < 4.78 is 5.25. The van der Waals surface area contributed by atoms with E-state index in [0.717, 1.165) is 16.0 Å². The first-order valence-corrected chi connectivity index (χ1v) is 9.19. The van der Waals surface area contributed by atoms with Crippen LogP contribution in [0.3, 0.4) is 0 Å². The van der Waals surface area contributed by atoms with E-state index in [2.05, 4.69) is 15.5 Å². The number of carbonyl (C=O) groups is 2. The molecule has 7 nitrogen and oxygen atoms in total. The molecule has 1 saturated heterocycles. The van der Waals surface area contributed by atoms with Crippen molar-refractivity contribution in [3.63, 3.8) is 0 Å². The van der Waals surface area contributed by atoms with E-state index in [-0.39, 0.29) is 18.3 Å². The minimum absolute atomic E-state index is 0.0974. The lowest BCUT2D eigenvalue weighted by Crippen LogP contribution is -2.43. The number of hydrogen-bond donors (Lipinski definition) is 1. The third kappa shape index (κ3) is 3.03. The fraction of sp³-hybridized carbons (Fsp3) is 0.200. The smallest absolute Gasteiger partial charge is 0.325 e. The van der Waals surface area contributed by atoms with E-state index >= 15 is 0 Å². The third-order valence-corrected chi connectivity index (χ3v) is 5.09. The Balaban J connectivity index is 1.58. The quantitative estimate of drug-likeness (QED) is 0.663. The van der Waals surface area contributed by atoms with Gasteiger partial charge in [0, 0.05) is 10.6 Å². The molecule has 1 N–H and O–H groups in total. The van der Waals surface area contributed by atoms with E-state index in [4.69, 9.17) is 16.1 Å². The highest BCUT2D eigenvalue weighted by atomic mass is 35.5. The molecule has 0 radical (unpaired) electrons. The van der Waals surface area contributed by atoms with Gasteiger partial charge >= 0.3 is 6.03 Å². The number of aromatic nitrogens is 2. The van der Waals surface area contributed by atoms with Crippen LogP contribution in [-0.2, 0) is 16.9 Å². The molecule has 4 rings (SSSR count). The van der Waals surface area contributed by atoms with Gasteiger partial charge in [0.05, 0.1) is 0 Å². The van der Waals surface area contributed by atoms with Crippen LogP contribution in [0, 0.1) is 0 Å². The molecule has 28 heavy (non-hydrogen) atoms. The van der Waals surface area contributed by atoms with Gasteiger partial charge < -0.3 is 9.84 Å². The lowest BCUT2D eigenvalue weighted by Gasteiger charge is -2.25. The number of carbonyl (C=O) groups excluding carboxylic acids is 2. The van der Waals surface area contributed by atoms with Gasteiger partial charge in [0.15, 0.2) is 0 Å². The summed E-state index contributed by atoms with van der Waals surface area (Å²) in [6.45, 7) is 1.76. The highest BCUT2D eigenvalue weighted by Crippen LogP contribution is 2.33. The number of rotatable bonds is 5. The van der Waals surface area contributed by atoms with E-state index in [9.17, 15) is 9.59 Å². The SMILES string of the molecule is CC[C@@]1(c2ccccc2)NC(=O)N(Cc2nc(-c3ccc(Cl)cc3)no2)C1=O. The predicted octanol–water partition coefficient (Wildman–Crippen LogP) is 3.75. The lowest BCUT2D eigenvalue weighted by atomic mass is 9.87. The maximum Gasteiger partial charge on any atom is 0.325 e. The van der Waals surface area contributed by atoms with Gasteiger partial charge in [0.1, 0.15) is 12.1 Å². The summed E-state index contributed by atoms with van der Waals surface area (Å²) in [5.41, 5.74) is 0.381. The molecule has 0 saturated carbocycles. The molecule has 3 amide bonds. The van der Waals surface area contributed by atoms with Crippen molar-refractivity contribution in [3.05, 3.63) is 71.1 Å². The maximum atomic E-state index is 13.1. The zero-order chi connectivity index (χ0) is 19.7. The van der Waals surface area contributed by atoms with Crippen LogP contribution in [-0.4, -0.2) is 27.0 Å². The average Bonchev–Trinajstić information content (AvgIpc) is 3.28. The minimum Gasteiger partial charge on any atom is -0.337 e. The van der Waals surface area contributed by atoms with E-state index in [1.807, 2.05) is 37.3 Å². The van der Waals surface area contributed by atoms with Crippen LogP contribution in [0.2, 0.25) is 5.02 Å². The molecule has 3 aromatic rings. The fourth-order valence-electron chi connectivity index (χ4n) is 3.30. The first kappa shape index (κ1) is 18.2. The van der Waals surface area contributed by atoms with Crippen molar-refractivity contribution in [3.8, 4) is 11.4 Å². The van der Waals surface area contributed by atoms with Gasteiger partial charge in [-0.05, 0) is 36.2 Å². The maximum absolute atomic E-state index is 13.1. The topological polar surface area (TPSA) is 88.3 Å². The first-order valence-electron chi connectivity index (χ1n) is 8.81. The summed E-state index contributed by atoms with van der Waals surface area (Å²) in [5, 5.41) is 7.36. The van der Waals surface area contributed by atoms with Crippen molar-refractivity contribution in [2.24, 2.45) is 0 Å². The van der Waals surface area contributed by atoms with Gasteiger partial charge in [-0.15, -0.1) is 0 Å². The molecular weight excluding hydrogens is 380 g/mol. The van der Waals surface area contributed by atoms with Gasteiger partial charge in [-0.1, -0.05) is 54.0 Å². The van der Waals surface area contributed by atoms with Gasteiger partial charge in [-0.2, -0.15) is 4.98 Å².